The van der Waals surface area contributed by atoms with E-state index < -0.39 is 30.9 Å². The molecule has 0 saturated heterocycles. The Morgan fingerprint density at radius 3 is 1.46 bits per heavy atom. The van der Waals surface area contributed by atoms with Crippen LogP contribution < -0.4 is 0 Å². The molecule has 0 aliphatic rings. The van der Waals surface area contributed by atoms with Crippen molar-refractivity contribution < 1.29 is 26.7 Å². The van der Waals surface area contributed by atoms with Crippen LogP contribution in [-0.2, 0) is 0 Å². The van der Waals surface area contributed by atoms with Crippen molar-refractivity contribution in [3.63, 3.8) is 0 Å². The van der Waals surface area contributed by atoms with Gasteiger partial charge in [-0.15, -0.1) is 0 Å². The zero-order chi connectivity index (χ0) is 9.99. The van der Waals surface area contributed by atoms with E-state index in [-0.39, 0.29) is 4.70 Å². The maximum absolute atomic E-state index is 12.6. The standard InChI is InChI=1S/C7H11F5.FH/c1-3-5(7(10,11)12)6(8,9)4-2;/h5H,3-4H2,1-2H3;1H. The van der Waals surface area contributed by atoms with Crippen LogP contribution in [0.15, 0.2) is 0 Å². The predicted octanol–water partition coefficient (Wildman–Crippen LogP) is 3.77. The highest BCUT2D eigenvalue weighted by Gasteiger charge is 2.52. The Kier molecular flexibility index (Phi) is 5.47. The third kappa shape index (κ3) is 3.87. The summed E-state index contributed by atoms with van der Waals surface area (Å²) < 4.78 is 61.0. The minimum Gasteiger partial charge on any atom is -0.269 e. The molecule has 0 aromatic heterocycles. The Labute approximate surface area is 72.5 Å². The van der Waals surface area contributed by atoms with Gasteiger partial charge in [-0.1, -0.05) is 13.8 Å². The van der Waals surface area contributed by atoms with Gasteiger partial charge in [-0.25, -0.2) is 8.78 Å². The zero-order valence-corrected chi connectivity index (χ0v) is 7.29. The molecule has 0 spiro atoms. The Balaban J connectivity index is 0. The summed E-state index contributed by atoms with van der Waals surface area (Å²) in [5.41, 5.74) is 0. The largest absolute Gasteiger partial charge is 0.397 e. The average molecular weight is 210 g/mol. The molecule has 13 heavy (non-hydrogen) atoms. The topological polar surface area (TPSA) is 0 Å². The van der Waals surface area contributed by atoms with Crippen molar-refractivity contribution in [2.45, 2.75) is 38.8 Å². The van der Waals surface area contributed by atoms with E-state index in [0.29, 0.717) is 0 Å². The van der Waals surface area contributed by atoms with Gasteiger partial charge in [0, 0.05) is 6.42 Å². The Morgan fingerprint density at radius 1 is 1.00 bits per heavy atom. The first-order valence-electron chi connectivity index (χ1n) is 3.70. The molecular formula is C7H12F6. The van der Waals surface area contributed by atoms with Crippen LogP contribution in [-0.4, -0.2) is 12.1 Å². The highest BCUT2D eigenvalue weighted by Crippen LogP contribution is 2.41. The van der Waals surface area contributed by atoms with Gasteiger partial charge in [0.25, 0.3) is 5.92 Å². The van der Waals surface area contributed by atoms with E-state index in [9.17, 15) is 22.0 Å². The van der Waals surface area contributed by atoms with Gasteiger partial charge in [0.15, 0.2) is 0 Å². The number of halogens is 6. The molecule has 0 bridgehead atoms. The Bertz CT molecular complexity index is 138. The van der Waals surface area contributed by atoms with Crippen molar-refractivity contribution in [1.29, 1.82) is 0 Å². The summed E-state index contributed by atoms with van der Waals surface area (Å²) in [6.45, 7) is 2.16. The molecule has 1 unspecified atom stereocenters. The molecule has 0 radical (unpaired) electrons. The molecule has 0 amide bonds. The van der Waals surface area contributed by atoms with Gasteiger partial charge in [0.2, 0.25) is 0 Å². The fourth-order valence-electron chi connectivity index (χ4n) is 1.02. The number of alkyl halides is 5. The molecule has 82 valence electrons. The molecule has 0 N–H and O–H groups in total. The first kappa shape index (κ1) is 15.1. The van der Waals surface area contributed by atoms with E-state index in [2.05, 4.69) is 0 Å². The lowest BCUT2D eigenvalue weighted by Gasteiger charge is -2.26. The third-order valence-corrected chi connectivity index (χ3v) is 1.78. The molecule has 0 saturated carbocycles. The molecule has 6 heteroatoms. The molecule has 0 rings (SSSR count). The van der Waals surface area contributed by atoms with Gasteiger partial charge < -0.3 is 0 Å². The van der Waals surface area contributed by atoms with Crippen molar-refractivity contribution in [3.05, 3.63) is 0 Å². The van der Waals surface area contributed by atoms with Crippen molar-refractivity contribution in [1.82, 2.24) is 0 Å². The fourth-order valence-corrected chi connectivity index (χ4v) is 1.02. The van der Waals surface area contributed by atoms with Crippen LogP contribution in [0.5, 0.6) is 0 Å². The second-order valence-electron chi connectivity index (χ2n) is 2.62. The van der Waals surface area contributed by atoms with Crippen LogP contribution in [0.3, 0.4) is 0 Å². The van der Waals surface area contributed by atoms with E-state index in [4.69, 9.17) is 0 Å². The van der Waals surface area contributed by atoms with Crippen LogP contribution in [0.4, 0.5) is 26.7 Å². The zero-order valence-electron chi connectivity index (χ0n) is 7.29. The van der Waals surface area contributed by atoms with Gasteiger partial charge in [0.1, 0.15) is 5.92 Å². The number of hydrogen-bond donors (Lipinski definition) is 0. The summed E-state index contributed by atoms with van der Waals surface area (Å²) in [6, 6.07) is 0. The molecule has 0 aromatic rings. The first-order valence-corrected chi connectivity index (χ1v) is 3.70. The summed E-state index contributed by atoms with van der Waals surface area (Å²) in [6.07, 6.45) is -6.15. The van der Waals surface area contributed by atoms with Gasteiger partial charge >= 0.3 is 6.18 Å². The highest BCUT2D eigenvalue weighted by atomic mass is 19.4. The molecule has 0 aliphatic carbocycles. The fraction of sp³-hybridized carbons (Fsp3) is 1.00. The van der Waals surface area contributed by atoms with E-state index >= 15 is 0 Å². The number of rotatable bonds is 3. The SMILES string of the molecule is CCC(C(F)(F)F)C(F)(F)CC.F. The van der Waals surface area contributed by atoms with E-state index in [1.54, 1.807) is 0 Å². The molecule has 0 fully saturated rings. The van der Waals surface area contributed by atoms with Crippen LogP contribution >= 0.6 is 0 Å². The summed E-state index contributed by atoms with van der Waals surface area (Å²) in [4.78, 5) is 0. The number of hydrogen-bond acceptors (Lipinski definition) is 0. The average Bonchev–Trinajstić information content (AvgIpc) is 1.85. The van der Waals surface area contributed by atoms with Gasteiger partial charge in [0.05, 0.1) is 0 Å². The molecule has 1 atom stereocenters. The lowest BCUT2D eigenvalue weighted by atomic mass is 9.96. The van der Waals surface area contributed by atoms with Crippen LogP contribution in [0.1, 0.15) is 26.7 Å². The van der Waals surface area contributed by atoms with Crippen molar-refractivity contribution in [2.75, 3.05) is 0 Å². The highest BCUT2D eigenvalue weighted by molar-refractivity contribution is 4.80. The van der Waals surface area contributed by atoms with E-state index in [1.807, 2.05) is 0 Å². The summed E-state index contributed by atoms with van der Waals surface area (Å²) in [5.74, 6) is -6.14. The lowest BCUT2D eigenvalue weighted by molar-refractivity contribution is -0.241. The van der Waals surface area contributed by atoms with Crippen LogP contribution in [0, 0.1) is 5.92 Å². The maximum Gasteiger partial charge on any atom is 0.397 e. The second-order valence-corrected chi connectivity index (χ2v) is 2.62. The molecule has 0 aromatic carbocycles. The molecular weight excluding hydrogens is 198 g/mol. The third-order valence-electron chi connectivity index (χ3n) is 1.78. The van der Waals surface area contributed by atoms with Crippen molar-refractivity contribution in [3.8, 4) is 0 Å². The minimum atomic E-state index is -4.80. The molecule has 0 nitrogen and oxygen atoms in total. The van der Waals surface area contributed by atoms with Gasteiger partial charge in [-0.3, -0.25) is 4.70 Å². The Morgan fingerprint density at radius 2 is 1.38 bits per heavy atom. The minimum absolute atomic E-state index is 0. The second kappa shape index (κ2) is 4.72. The Hall–Kier alpha value is -0.420. The normalized spacial score (nSPS) is 15.0. The van der Waals surface area contributed by atoms with Crippen molar-refractivity contribution >= 4 is 0 Å². The summed E-state index contributed by atoms with van der Waals surface area (Å²) >= 11 is 0. The van der Waals surface area contributed by atoms with Crippen LogP contribution in [0.25, 0.3) is 0 Å². The predicted molar refractivity (Wildman–Crippen MR) is 37.6 cm³/mol. The van der Waals surface area contributed by atoms with E-state index in [1.165, 1.54) is 0 Å². The smallest absolute Gasteiger partial charge is 0.269 e. The maximum atomic E-state index is 12.6. The lowest BCUT2D eigenvalue weighted by Crippen LogP contribution is -2.38. The molecule has 0 heterocycles. The van der Waals surface area contributed by atoms with Gasteiger partial charge in [-0.2, -0.15) is 13.2 Å². The van der Waals surface area contributed by atoms with Crippen molar-refractivity contribution in [2.24, 2.45) is 5.92 Å². The first-order chi connectivity index (χ1) is 5.25. The summed E-state index contributed by atoms with van der Waals surface area (Å²) in [7, 11) is 0. The van der Waals surface area contributed by atoms with Crippen LogP contribution in [0.2, 0.25) is 0 Å². The molecule has 0 aliphatic heterocycles. The quantitative estimate of drug-likeness (QED) is 0.622. The monoisotopic (exact) mass is 210 g/mol. The van der Waals surface area contributed by atoms with Gasteiger partial charge in [-0.05, 0) is 6.42 Å². The summed E-state index contributed by atoms with van der Waals surface area (Å²) in [5, 5.41) is 0. The van der Waals surface area contributed by atoms with E-state index in [0.717, 1.165) is 13.8 Å².